The molecule has 2 aromatic rings. The Morgan fingerprint density at radius 3 is 2.42 bits per heavy atom. The summed E-state index contributed by atoms with van der Waals surface area (Å²) in [5.74, 6) is -1.10. The number of likely N-dealkylation sites (tertiary alicyclic amines) is 1. The van der Waals surface area contributed by atoms with Crippen LogP contribution in [-0.2, 0) is 9.53 Å². The Morgan fingerprint density at radius 2 is 1.81 bits per heavy atom. The molecule has 0 saturated carbocycles. The molecule has 164 valence electrons. The first-order chi connectivity index (χ1) is 14.8. The van der Waals surface area contributed by atoms with Crippen molar-refractivity contribution in [3.05, 3.63) is 52.4 Å². The highest BCUT2D eigenvalue weighted by atomic mass is 19.1. The number of hydrogen-bond donors (Lipinski definition) is 0. The Morgan fingerprint density at radius 1 is 1.13 bits per heavy atom. The number of hydrogen-bond acceptors (Lipinski definition) is 5. The van der Waals surface area contributed by atoms with E-state index in [-0.39, 0.29) is 11.8 Å². The Bertz CT molecular complexity index is 1040. The highest BCUT2D eigenvalue weighted by Gasteiger charge is 2.58. The molecule has 1 spiro atoms. The predicted octanol–water partition coefficient (Wildman–Crippen LogP) is 3.26. The number of fused-ring (bicyclic) bond motifs is 1. The molecule has 7 nitrogen and oxygen atoms in total. The summed E-state index contributed by atoms with van der Waals surface area (Å²) in [4.78, 5) is 29.5. The molecular formula is C22H23F2N3O4. The van der Waals surface area contributed by atoms with Crippen molar-refractivity contribution >= 4 is 11.8 Å². The van der Waals surface area contributed by atoms with Gasteiger partial charge in [0.2, 0.25) is 0 Å². The number of halogens is 2. The van der Waals surface area contributed by atoms with E-state index >= 15 is 0 Å². The summed E-state index contributed by atoms with van der Waals surface area (Å²) in [7, 11) is 0. The molecule has 5 rings (SSSR count). The van der Waals surface area contributed by atoms with E-state index in [0.717, 1.165) is 6.07 Å². The van der Waals surface area contributed by atoms with Gasteiger partial charge < -0.3 is 19.1 Å². The minimum absolute atomic E-state index is 0.162. The Balaban J connectivity index is 1.32. The molecular weight excluding hydrogens is 408 g/mol. The second kappa shape index (κ2) is 7.12. The maximum atomic E-state index is 13.7. The molecule has 1 aromatic carbocycles. The standard InChI is InChI=1S/C22H23F2N3O4/c1-12-13(2)31-25-19(12)20(28)26-7-5-22(6-8-26)21(29)27-17(3-4-18(27)30-22)14-9-15(23)11-16(24)10-14/h9-11,17-18H,3-8H2,1-2H3. The fraction of sp³-hybridized carbons (Fsp3) is 0.500. The van der Waals surface area contributed by atoms with E-state index in [4.69, 9.17) is 9.26 Å². The normalized spacial score (nSPS) is 24.8. The van der Waals surface area contributed by atoms with Crippen molar-refractivity contribution in [2.75, 3.05) is 13.1 Å². The fourth-order valence-corrected chi connectivity index (χ4v) is 4.98. The second-order valence-electron chi connectivity index (χ2n) is 8.58. The van der Waals surface area contributed by atoms with Crippen LogP contribution in [0.1, 0.15) is 59.1 Å². The molecule has 0 N–H and O–H groups in total. The zero-order valence-corrected chi connectivity index (χ0v) is 17.4. The molecule has 1 aromatic heterocycles. The van der Waals surface area contributed by atoms with Crippen molar-refractivity contribution < 1.29 is 27.6 Å². The molecule has 0 aliphatic carbocycles. The average Bonchev–Trinajstić information content (AvgIpc) is 3.37. The number of carbonyl (C=O) groups excluding carboxylic acids is 2. The number of carbonyl (C=O) groups is 2. The van der Waals surface area contributed by atoms with Crippen LogP contribution in [-0.4, -0.2) is 51.7 Å². The Labute approximate surface area is 177 Å². The predicted molar refractivity (Wildman–Crippen MR) is 104 cm³/mol. The zero-order valence-electron chi connectivity index (χ0n) is 17.4. The lowest BCUT2D eigenvalue weighted by Crippen LogP contribution is -2.51. The molecule has 3 fully saturated rings. The number of aryl methyl sites for hydroxylation is 1. The average molecular weight is 431 g/mol. The number of nitrogens with zero attached hydrogens (tertiary/aromatic N) is 3. The number of rotatable bonds is 2. The molecule has 0 bridgehead atoms. The molecule has 2 atom stereocenters. The first-order valence-electron chi connectivity index (χ1n) is 10.5. The topological polar surface area (TPSA) is 75.9 Å². The van der Waals surface area contributed by atoms with Crippen molar-refractivity contribution in [1.82, 2.24) is 15.0 Å². The van der Waals surface area contributed by atoms with Crippen LogP contribution in [0, 0.1) is 25.5 Å². The maximum Gasteiger partial charge on any atom is 0.276 e. The third kappa shape index (κ3) is 3.13. The minimum Gasteiger partial charge on any atom is -0.361 e. The first-order valence-corrected chi connectivity index (χ1v) is 10.5. The largest absolute Gasteiger partial charge is 0.361 e. The minimum atomic E-state index is -0.999. The molecule has 31 heavy (non-hydrogen) atoms. The summed E-state index contributed by atoms with van der Waals surface area (Å²) in [6.07, 6.45) is 1.52. The van der Waals surface area contributed by atoms with Crippen LogP contribution in [0.4, 0.5) is 8.78 Å². The second-order valence-corrected chi connectivity index (χ2v) is 8.58. The third-order valence-corrected chi connectivity index (χ3v) is 6.81. The van der Waals surface area contributed by atoms with E-state index in [1.54, 1.807) is 23.6 Å². The molecule has 3 saturated heterocycles. The monoisotopic (exact) mass is 431 g/mol. The number of benzene rings is 1. The smallest absolute Gasteiger partial charge is 0.276 e. The van der Waals surface area contributed by atoms with E-state index in [0.29, 0.717) is 61.4 Å². The van der Waals surface area contributed by atoms with Gasteiger partial charge in [-0.15, -0.1) is 0 Å². The molecule has 3 aliphatic heterocycles. The molecule has 2 amide bonds. The van der Waals surface area contributed by atoms with E-state index in [2.05, 4.69) is 5.16 Å². The molecule has 4 heterocycles. The third-order valence-electron chi connectivity index (χ3n) is 6.81. The van der Waals surface area contributed by atoms with Crippen LogP contribution in [0.5, 0.6) is 0 Å². The van der Waals surface area contributed by atoms with Crippen LogP contribution in [0.25, 0.3) is 0 Å². The maximum absolute atomic E-state index is 13.7. The summed E-state index contributed by atoms with van der Waals surface area (Å²) in [6, 6.07) is 2.96. The van der Waals surface area contributed by atoms with Crippen molar-refractivity contribution in [3.8, 4) is 0 Å². The van der Waals surface area contributed by atoms with Crippen LogP contribution in [0.2, 0.25) is 0 Å². The van der Waals surface area contributed by atoms with Gasteiger partial charge in [-0.05, 0) is 44.4 Å². The van der Waals surface area contributed by atoms with Crippen molar-refractivity contribution in [1.29, 1.82) is 0 Å². The lowest BCUT2D eigenvalue weighted by molar-refractivity contribution is -0.142. The Hall–Kier alpha value is -2.81. The summed E-state index contributed by atoms with van der Waals surface area (Å²) in [5, 5.41) is 3.86. The summed E-state index contributed by atoms with van der Waals surface area (Å²) in [5.41, 5.74) is 0.449. The molecule has 3 aliphatic rings. The number of piperidine rings is 1. The van der Waals surface area contributed by atoms with E-state index < -0.39 is 29.5 Å². The molecule has 9 heteroatoms. The van der Waals surface area contributed by atoms with Gasteiger partial charge in [0, 0.05) is 37.6 Å². The van der Waals surface area contributed by atoms with Gasteiger partial charge in [0.15, 0.2) is 11.3 Å². The van der Waals surface area contributed by atoms with Crippen LogP contribution >= 0.6 is 0 Å². The number of amides is 2. The summed E-state index contributed by atoms with van der Waals surface area (Å²) < 4.78 is 38.8. The van der Waals surface area contributed by atoms with Crippen LogP contribution < -0.4 is 0 Å². The quantitative estimate of drug-likeness (QED) is 0.730. The lowest BCUT2D eigenvalue weighted by Gasteiger charge is -2.37. The lowest BCUT2D eigenvalue weighted by atomic mass is 9.89. The summed E-state index contributed by atoms with van der Waals surface area (Å²) in [6.45, 7) is 4.26. The van der Waals surface area contributed by atoms with Gasteiger partial charge >= 0.3 is 0 Å². The SMILES string of the molecule is Cc1onc(C(=O)N2CCC3(CC2)OC2CCC(c4cc(F)cc(F)c4)N2C3=O)c1C. The Kier molecular flexibility index (Phi) is 4.62. The van der Waals surface area contributed by atoms with Crippen molar-refractivity contribution in [2.45, 2.75) is 57.4 Å². The number of ether oxygens (including phenoxy) is 1. The van der Waals surface area contributed by atoms with Gasteiger partial charge in [0.1, 0.15) is 23.6 Å². The highest BCUT2D eigenvalue weighted by Crippen LogP contribution is 2.47. The van der Waals surface area contributed by atoms with E-state index in [1.165, 1.54) is 12.1 Å². The van der Waals surface area contributed by atoms with Gasteiger partial charge in [-0.3, -0.25) is 9.59 Å². The summed E-state index contributed by atoms with van der Waals surface area (Å²) >= 11 is 0. The van der Waals surface area contributed by atoms with E-state index in [1.807, 2.05) is 0 Å². The van der Waals surface area contributed by atoms with E-state index in [9.17, 15) is 18.4 Å². The van der Waals surface area contributed by atoms with Crippen LogP contribution in [0.15, 0.2) is 22.7 Å². The number of aromatic nitrogens is 1. The van der Waals surface area contributed by atoms with Gasteiger partial charge in [-0.25, -0.2) is 8.78 Å². The first kappa shape index (κ1) is 20.1. The van der Waals surface area contributed by atoms with Gasteiger partial charge in [-0.2, -0.15) is 0 Å². The molecule has 0 radical (unpaired) electrons. The van der Waals surface area contributed by atoms with Crippen molar-refractivity contribution in [2.24, 2.45) is 0 Å². The zero-order chi connectivity index (χ0) is 21.9. The highest BCUT2D eigenvalue weighted by molar-refractivity contribution is 5.94. The van der Waals surface area contributed by atoms with Gasteiger partial charge in [-0.1, -0.05) is 5.16 Å². The van der Waals surface area contributed by atoms with Crippen LogP contribution in [0.3, 0.4) is 0 Å². The van der Waals surface area contributed by atoms with Crippen molar-refractivity contribution in [3.63, 3.8) is 0 Å². The molecule has 2 unspecified atom stereocenters. The van der Waals surface area contributed by atoms with Gasteiger partial charge in [0.05, 0.1) is 6.04 Å². The fourth-order valence-electron chi connectivity index (χ4n) is 4.98. The van der Waals surface area contributed by atoms with Gasteiger partial charge in [0.25, 0.3) is 11.8 Å².